The van der Waals surface area contributed by atoms with Crippen LogP contribution in [0.5, 0.6) is 0 Å². The second kappa shape index (κ2) is 5.30. The Bertz CT molecular complexity index is 249. The zero-order valence-electron chi connectivity index (χ0n) is 7.11. The molecule has 62 valence electrons. The van der Waals surface area contributed by atoms with Crippen LogP contribution in [0.1, 0.15) is 12.0 Å². The fourth-order valence-electron chi connectivity index (χ4n) is 1.02. The lowest BCUT2D eigenvalue weighted by molar-refractivity contribution is 1.05. The van der Waals surface area contributed by atoms with E-state index in [1.54, 1.807) is 6.20 Å². The van der Waals surface area contributed by atoms with Crippen molar-refractivity contribution >= 4 is 6.21 Å². The van der Waals surface area contributed by atoms with E-state index >= 15 is 0 Å². The molecule has 0 radical (unpaired) electrons. The van der Waals surface area contributed by atoms with Gasteiger partial charge in [0.2, 0.25) is 0 Å². The molecule has 1 nitrogen and oxygen atoms in total. The maximum atomic E-state index is 3.93. The van der Waals surface area contributed by atoms with Gasteiger partial charge in [-0.2, -0.15) is 0 Å². The number of nitrogens with zero attached hydrogens (tertiary/aromatic N) is 1. The van der Waals surface area contributed by atoms with Crippen molar-refractivity contribution in [1.29, 1.82) is 0 Å². The number of hydrogen-bond acceptors (Lipinski definition) is 1. The van der Waals surface area contributed by atoms with Crippen molar-refractivity contribution < 1.29 is 0 Å². The van der Waals surface area contributed by atoms with Gasteiger partial charge in [0.1, 0.15) is 0 Å². The van der Waals surface area contributed by atoms with E-state index in [-0.39, 0.29) is 0 Å². The second-order valence-corrected chi connectivity index (χ2v) is 2.54. The van der Waals surface area contributed by atoms with Gasteiger partial charge in [-0.1, -0.05) is 36.9 Å². The molecule has 0 heterocycles. The fourth-order valence-corrected chi connectivity index (χ4v) is 1.02. The quantitative estimate of drug-likeness (QED) is 0.599. The van der Waals surface area contributed by atoms with E-state index < -0.39 is 0 Å². The molecule has 0 aliphatic heterocycles. The minimum absolute atomic E-state index is 0.982. The van der Waals surface area contributed by atoms with Gasteiger partial charge in [-0.25, -0.2) is 0 Å². The van der Waals surface area contributed by atoms with Gasteiger partial charge in [-0.3, -0.25) is 4.99 Å². The summed E-state index contributed by atoms with van der Waals surface area (Å²) in [5, 5.41) is 0. The number of aliphatic imine (C=N–C) groups is 1. The molecule has 0 N–H and O–H groups in total. The maximum Gasteiger partial charge on any atom is 0.0191 e. The lowest BCUT2D eigenvalue weighted by Gasteiger charge is -1.94. The van der Waals surface area contributed by atoms with Crippen LogP contribution in [0.4, 0.5) is 0 Å². The van der Waals surface area contributed by atoms with Crippen LogP contribution >= 0.6 is 0 Å². The lowest BCUT2D eigenvalue weighted by Crippen LogP contribution is -1.84. The van der Waals surface area contributed by atoms with Crippen molar-refractivity contribution in [3.05, 3.63) is 48.7 Å². The molecule has 0 aliphatic carbocycles. The number of benzene rings is 1. The minimum Gasteiger partial charge on any atom is -0.270 e. The van der Waals surface area contributed by atoms with Crippen molar-refractivity contribution in [2.45, 2.75) is 12.8 Å². The van der Waals surface area contributed by atoms with Crippen molar-refractivity contribution in [3.63, 3.8) is 0 Å². The van der Waals surface area contributed by atoms with Crippen LogP contribution < -0.4 is 0 Å². The molecule has 0 aliphatic rings. The molecule has 12 heavy (non-hydrogen) atoms. The van der Waals surface area contributed by atoms with Crippen LogP contribution in [0.2, 0.25) is 0 Å². The third kappa shape index (κ3) is 3.15. The van der Waals surface area contributed by atoms with E-state index in [1.165, 1.54) is 5.56 Å². The summed E-state index contributed by atoms with van der Waals surface area (Å²) in [6.45, 7) is 3.51. The van der Waals surface area contributed by atoms with Gasteiger partial charge in [-0.05, 0) is 18.4 Å². The van der Waals surface area contributed by atoms with Gasteiger partial charge >= 0.3 is 0 Å². The van der Waals surface area contributed by atoms with Crippen molar-refractivity contribution in [1.82, 2.24) is 0 Å². The Balaban J connectivity index is 2.33. The predicted molar refractivity (Wildman–Crippen MR) is 53.5 cm³/mol. The molecule has 0 unspecified atom stereocenters. The summed E-state index contributed by atoms with van der Waals surface area (Å²) in [5.41, 5.74) is 1.35. The molecule has 0 fully saturated rings. The Labute approximate surface area is 73.5 Å². The molecule has 0 bridgehead atoms. The van der Waals surface area contributed by atoms with E-state index in [9.17, 15) is 0 Å². The van der Waals surface area contributed by atoms with E-state index in [0.29, 0.717) is 0 Å². The van der Waals surface area contributed by atoms with Gasteiger partial charge in [0.25, 0.3) is 0 Å². The zero-order valence-corrected chi connectivity index (χ0v) is 7.11. The highest BCUT2D eigenvalue weighted by Gasteiger charge is 1.87. The highest BCUT2D eigenvalue weighted by molar-refractivity contribution is 5.58. The van der Waals surface area contributed by atoms with Crippen molar-refractivity contribution in [2.75, 3.05) is 0 Å². The van der Waals surface area contributed by atoms with Gasteiger partial charge in [0.15, 0.2) is 0 Å². The Hall–Kier alpha value is -1.37. The Kier molecular flexibility index (Phi) is 3.86. The van der Waals surface area contributed by atoms with Gasteiger partial charge in [-0.15, -0.1) is 0 Å². The molecule has 0 atom stereocenters. The van der Waals surface area contributed by atoms with Crippen molar-refractivity contribution in [3.8, 4) is 0 Å². The molecule has 0 spiro atoms. The highest BCUT2D eigenvalue weighted by Crippen LogP contribution is 2.00. The summed E-state index contributed by atoms with van der Waals surface area (Å²) in [6.07, 6.45) is 5.49. The molecule has 1 aromatic carbocycles. The molecule has 0 amide bonds. The summed E-state index contributed by atoms with van der Waals surface area (Å²) in [6, 6.07) is 10.4. The fraction of sp³-hybridized carbons (Fsp3) is 0.182. The molecule has 1 aromatic rings. The normalized spacial score (nSPS) is 10.3. The van der Waals surface area contributed by atoms with Gasteiger partial charge in [0, 0.05) is 12.4 Å². The smallest absolute Gasteiger partial charge is 0.0191 e. The molecule has 1 heteroatoms. The molecule has 0 saturated heterocycles. The first-order valence-electron chi connectivity index (χ1n) is 4.10. The number of rotatable bonds is 4. The predicted octanol–water partition coefficient (Wildman–Crippen LogP) is 2.83. The van der Waals surface area contributed by atoms with Crippen LogP contribution in [0, 0.1) is 0 Å². The van der Waals surface area contributed by atoms with Gasteiger partial charge < -0.3 is 0 Å². The van der Waals surface area contributed by atoms with Crippen molar-refractivity contribution in [2.24, 2.45) is 4.99 Å². The second-order valence-electron chi connectivity index (χ2n) is 2.54. The van der Waals surface area contributed by atoms with E-state index in [2.05, 4.69) is 35.8 Å². The molecule has 0 saturated carbocycles. The third-order valence-electron chi connectivity index (χ3n) is 1.62. The zero-order chi connectivity index (χ0) is 8.65. The summed E-state index contributed by atoms with van der Waals surface area (Å²) < 4.78 is 0. The number of aryl methyl sites for hydroxylation is 1. The molecular weight excluding hydrogens is 146 g/mol. The monoisotopic (exact) mass is 159 g/mol. The topological polar surface area (TPSA) is 12.4 Å². The summed E-state index contributed by atoms with van der Waals surface area (Å²) >= 11 is 0. The SMILES string of the molecule is C=C/N=C\CCc1ccccc1. The van der Waals surface area contributed by atoms with E-state index in [1.807, 2.05) is 12.3 Å². The standard InChI is InChI=1S/C11H13N/c1-2-12-10-6-9-11-7-4-3-5-8-11/h2-5,7-8,10H,1,6,9H2/b12-10-. The Morgan fingerprint density at radius 3 is 2.67 bits per heavy atom. The Morgan fingerprint density at radius 2 is 2.00 bits per heavy atom. The summed E-state index contributed by atoms with van der Waals surface area (Å²) in [7, 11) is 0. The molecule has 1 rings (SSSR count). The Morgan fingerprint density at radius 1 is 1.25 bits per heavy atom. The van der Waals surface area contributed by atoms with E-state index in [0.717, 1.165) is 12.8 Å². The van der Waals surface area contributed by atoms with Crippen LogP contribution in [-0.4, -0.2) is 6.21 Å². The van der Waals surface area contributed by atoms with Gasteiger partial charge in [0.05, 0.1) is 0 Å². The highest BCUT2D eigenvalue weighted by atomic mass is 14.6. The first kappa shape index (κ1) is 8.72. The first-order chi connectivity index (χ1) is 5.93. The summed E-state index contributed by atoms with van der Waals surface area (Å²) in [5.74, 6) is 0. The van der Waals surface area contributed by atoms with E-state index in [4.69, 9.17) is 0 Å². The average molecular weight is 159 g/mol. The lowest BCUT2D eigenvalue weighted by atomic mass is 10.1. The summed E-state index contributed by atoms with van der Waals surface area (Å²) in [4.78, 5) is 3.93. The van der Waals surface area contributed by atoms with Crippen LogP contribution in [0.3, 0.4) is 0 Å². The molecule has 0 aromatic heterocycles. The first-order valence-corrected chi connectivity index (χ1v) is 4.10. The average Bonchev–Trinajstić information content (AvgIpc) is 2.14. The van der Waals surface area contributed by atoms with Crippen LogP contribution in [0.25, 0.3) is 0 Å². The molecular formula is C11H13N. The van der Waals surface area contributed by atoms with Crippen LogP contribution in [0.15, 0.2) is 48.1 Å². The third-order valence-corrected chi connectivity index (χ3v) is 1.62. The minimum atomic E-state index is 0.982. The maximum absolute atomic E-state index is 3.93. The number of hydrogen-bond donors (Lipinski definition) is 0. The van der Waals surface area contributed by atoms with Crippen LogP contribution in [-0.2, 0) is 6.42 Å². The largest absolute Gasteiger partial charge is 0.270 e.